The highest BCUT2D eigenvalue weighted by atomic mass is 16.4. The van der Waals surface area contributed by atoms with E-state index in [1.165, 1.54) is 36.8 Å². The van der Waals surface area contributed by atoms with Crippen molar-refractivity contribution < 1.29 is 39.0 Å². The Balaban J connectivity index is 2.29. The van der Waals surface area contributed by atoms with Crippen LogP contribution in [0.2, 0.25) is 0 Å². The lowest BCUT2D eigenvalue weighted by molar-refractivity contribution is -0.142. The molecule has 1 aromatic heterocycles. The molecule has 216 valence electrons. The first-order chi connectivity index (χ1) is 18.8. The minimum absolute atomic E-state index is 0.0297. The van der Waals surface area contributed by atoms with E-state index in [4.69, 9.17) is 17.2 Å². The normalized spacial score (nSPS) is 13.7. The number of benzene rings is 1. The minimum Gasteiger partial charge on any atom is -0.508 e. The fourth-order valence-corrected chi connectivity index (χ4v) is 3.58. The zero-order valence-electron chi connectivity index (χ0n) is 21.3. The number of H-pyrrole nitrogens is 1. The van der Waals surface area contributed by atoms with Crippen molar-refractivity contribution in [1.82, 2.24) is 25.9 Å². The van der Waals surface area contributed by atoms with Gasteiger partial charge in [-0.15, -0.1) is 0 Å². The molecule has 5 amide bonds. The molecule has 0 fully saturated rings. The van der Waals surface area contributed by atoms with Gasteiger partial charge in [0.25, 0.3) is 0 Å². The lowest BCUT2D eigenvalue weighted by Gasteiger charge is -2.25. The number of hydrogen-bond acceptors (Lipinski definition) is 9. The van der Waals surface area contributed by atoms with Crippen LogP contribution in [-0.2, 0) is 41.6 Å². The van der Waals surface area contributed by atoms with Crippen LogP contribution >= 0.6 is 0 Å². The summed E-state index contributed by atoms with van der Waals surface area (Å²) in [7, 11) is 0. The fraction of sp³-hybridized carbons (Fsp3) is 0.375. The lowest BCUT2D eigenvalue weighted by Crippen LogP contribution is -2.58. The first kappa shape index (κ1) is 31.2. The Kier molecular flexibility index (Phi) is 11.6. The molecule has 4 unspecified atom stereocenters. The van der Waals surface area contributed by atoms with E-state index in [0.717, 1.165) is 0 Å². The average molecular weight is 561 g/mol. The van der Waals surface area contributed by atoms with Gasteiger partial charge in [-0.1, -0.05) is 12.1 Å². The first-order valence-corrected chi connectivity index (χ1v) is 12.1. The summed E-state index contributed by atoms with van der Waals surface area (Å²) in [6.45, 7) is 0. The molecule has 0 aliphatic heterocycles. The van der Waals surface area contributed by atoms with Crippen LogP contribution in [-0.4, -0.2) is 79.9 Å². The Bertz CT molecular complexity index is 1200. The zero-order valence-corrected chi connectivity index (χ0v) is 21.3. The van der Waals surface area contributed by atoms with E-state index < -0.39 is 66.1 Å². The second kappa shape index (κ2) is 14.8. The lowest BCUT2D eigenvalue weighted by atomic mass is 10.0. The number of carbonyl (C=O) groups excluding carboxylic acids is 5. The maximum Gasteiger partial charge on any atom is 0.326 e. The molecule has 2 aromatic rings. The molecule has 1 heterocycles. The van der Waals surface area contributed by atoms with Crippen LogP contribution in [0.1, 0.15) is 30.5 Å². The van der Waals surface area contributed by atoms with Gasteiger partial charge < -0.3 is 48.3 Å². The molecular weight excluding hydrogens is 528 g/mol. The van der Waals surface area contributed by atoms with Crippen LogP contribution in [0.15, 0.2) is 36.8 Å². The molecule has 16 nitrogen and oxygen atoms in total. The van der Waals surface area contributed by atoms with Crippen molar-refractivity contribution in [1.29, 1.82) is 0 Å². The Morgan fingerprint density at radius 1 is 0.850 bits per heavy atom. The van der Waals surface area contributed by atoms with Gasteiger partial charge in [0, 0.05) is 31.2 Å². The number of phenolic OH excluding ortho intramolecular Hbond substituents is 1. The number of phenols is 1. The summed E-state index contributed by atoms with van der Waals surface area (Å²) in [5.74, 6) is -5.62. The number of carbonyl (C=O) groups is 6. The predicted molar refractivity (Wildman–Crippen MR) is 138 cm³/mol. The van der Waals surface area contributed by atoms with Gasteiger partial charge in [0.2, 0.25) is 29.5 Å². The average Bonchev–Trinajstić information content (AvgIpc) is 3.39. The summed E-state index contributed by atoms with van der Waals surface area (Å²) in [6, 6.07) is 0.292. The second-order valence-electron chi connectivity index (χ2n) is 8.96. The Morgan fingerprint density at radius 3 is 1.95 bits per heavy atom. The molecule has 0 spiro atoms. The van der Waals surface area contributed by atoms with Crippen molar-refractivity contribution in [2.45, 2.75) is 56.3 Å². The van der Waals surface area contributed by atoms with E-state index in [9.17, 15) is 39.0 Å². The molecule has 4 atom stereocenters. The number of primary amides is 2. The van der Waals surface area contributed by atoms with Gasteiger partial charge in [0.1, 0.15) is 23.9 Å². The standard InChI is InChI=1S/C24H32N8O8/c25-15(9-20(27)35)21(36)31-17(7-12-1-3-14(33)4-2-12)22(37)32-18(8-13-10-28-11-29-13)23(38)30-16(24(39)40)5-6-19(26)34/h1-4,10-11,15-18,33H,5-9,25H2,(H2,26,34)(H2,27,35)(H,28,29)(H,30,38)(H,31,36)(H,32,37)(H,39,40). The summed E-state index contributed by atoms with van der Waals surface area (Å²) in [4.78, 5) is 79.6. The number of amides is 5. The number of carboxylic acids is 1. The molecule has 0 radical (unpaired) electrons. The molecule has 0 aliphatic carbocycles. The minimum atomic E-state index is -1.47. The van der Waals surface area contributed by atoms with Crippen LogP contribution < -0.4 is 33.2 Å². The van der Waals surface area contributed by atoms with Crippen molar-refractivity contribution in [2.24, 2.45) is 17.2 Å². The third-order valence-electron chi connectivity index (χ3n) is 5.67. The summed E-state index contributed by atoms with van der Waals surface area (Å²) in [5, 5.41) is 26.2. The number of aromatic nitrogens is 2. The Morgan fingerprint density at radius 2 is 1.43 bits per heavy atom. The number of aromatic amines is 1. The number of rotatable bonds is 16. The zero-order chi connectivity index (χ0) is 29.8. The van der Waals surface area contributed by atoms with E-state index in [-0.39, 0.29) is 31.4 Å². The van der Waals surface area contributed by atoms with Gasteiger partial charge in [0.15, 0.2) is 0 Å². The van der Waals surface area contributed by atoms with Crippen molar-refractivity contribution in [3.05, 3.63) is 48.0 Å². The predicted octanol–water partition coefficient (Wildman–Crippen LogP) is -3.09. The van der Waals surface area contributed by atoms with Crippen LogP contribution in [0.4, 0.5) is 0 Å². The SMILES string of the molecule is NC(=O)CCC(NC(=O)C(Cc1cnc[nH]1)NC(=O)C(Cc1ccc(O)cc1)NC(=O)C(N)CC(N)=O)C(=O)O. The van der Waals surface area contributed by atoms with Crippen LogP contribution in [0.25, 0.3) is 0 Å². The highest BCUT2D eigenvalue weighted by molar-refractivity contribution is 5.95. The fourth-order valence-electron chi connectivity index (χ4n) is 3.58. The molecule has 12 N–H and O–H groups in total. The topological polar surface area (TPSA) is 286 Å². The monoisotopic (exact) mass is 560 g/mol. The number of imidazole rings is 1. The molecule has 16 heteroatoms. The number of nitrogens with two attached hydrogens (primary N) is 3. The third kappa shape index (κ3) is 10.4. The summed E-state index contributed by atoms with van der Waals surface area (Å²) >= 11 is 0. The highest BCUT2D eigenvalue weighted by Crippen LogP contribution is 2.12. The van der Waals surface area contributed by atoms with Gasteiger partial charge in [-0.05, 0) is 24.1 Å². The Labute approximate surface area is 228 Å². The molecule has 0 bridgehead atoms. The quantitative estimate of drug-likeness (QED) is 0.0996. The number of aromatic hydroxyl groups is 1. The van der Waals surface area contributed by atoms with Gasteiger partial charge in [0.05, 0.1) is 18.8 Å². The van der Waals surface area contributed by atoms with Crippen LogP contribution in [0.3, 0.4) is 0 Å². The van der Waals surface area contributed by atoms with Crippen molar-refractivity contribution in [2.75, 3.05) is 0 Å². The number of nitrogens with zero attached hydrogens (tertiary/aromatic N) is 1. The summed E-state index contributed by atoms with van der Waals surface area (Å²) < 4.78 is 0. The van der Waals surface area contributed by atoms with E-state index in [1.807, 2.05) is 0 Å². The molecule has 0 aliphatic rings. The maximum absolute atomic E-state index is 13.4. The van der Waals surface area contributed by atoms with Crippen molar-refractivity contribution in [3.8, 4) is 5.75 Å². The number of carboxylic acid groups (broad SMARTS) is 1. The van der Waals surface area contributed by atoms with Crippen LogP contribution in [0.5, 0.6) is 5.75 Å². The van der Waals surface area contributed by atoms with Gasteiger partial charge >= 0.3 is 5.97 Å². The number of hydrogen-bond donors (Lipinski definition) is 9. The van der Waals surface area contributed by atoms with Crippen molar-refractivity contribution in [3.63, 3.8) is 0 Å². The largest absolute Gasteiger partial charge is 0.508 e. The second-order valence-corrected chi connectivity index (χ2v) is 8.96. The molecular formula is C24H32N8O8. The molecule has 40 heavy (non-hydrogen) atoms. The molecule has 1 aromatic carbocycles. The molecule has 2 rings (SSSR count). The van der Waals surface area contributed by atoms with Gasteiger partial charge in [-0.3, -0.25) is 24.0 Å². The van der Waals surface area contributed by atoms with Crippen molar-refractivity contribution >= 4 is 35.5 Å². The molecule has 0 saturated heterocycles. The van der Waals surface area contributed by atoms with E-state index in [1.54, 1.807) is 0 Å². The highest BCUT2D eigenvalue weighted by Gasteiger charge is 2.31. The van der Waals surface area contributed by atoms with Gasteiger partial charge in [-0.25, -0.2) is 9.78 Å². The third-order valence-corrected chi connectivity index (χ3v) is 5.67. The van der Waals surface area contributed by atoms with E-state index in [0.29, 0.717) is 11.3 Å². The molecule has 0 saturated carbocycles. The Hall–Kier alpha value is -4.99. The number of nitrogens with one attached hydrogen (secondary N) is 4. The number of aliphatic carboxylic acids is 1. The van der Waals surface area contributed by atoms with Crippen LogP contribution in [0, 0.1) is 0 Å². The van der Waals surface area contributed by atoms with E-state index in [2.05, 4.69) is 25.9 Å². The summed E-state index contributed by atoms with van der Waals surface area (Å²) in [6.07, 6.45) is 1.43. The first-order valence-electron chi connectivity index (χ1n) is 12.1. The maximum atomic E-state index is 13.4. The van der Waals surface area contributed by atoms with Gasteiger partial charge in [-0.2, -0.15) is 0 Å². The smallest absolute Gasteiger partial charge is 0.326 e. The summed E-state index contributed by atoms with van der Waals surface area (Å²) in [5.41, 5.74) is 16.8. The van der Waals surface area contributed by atoms with E-state index >= 15 is 0 Å².